The normalized spacial score (nSPS) is 11.2. The van der Waals surface area contributed by atoms with Gasteiger partial charge in [-0.15, -0.1) is 4.68 Å². The van der Waals surface area contributed by atoms with E-state index in [1.807, 2.05) is 32.0 Å². The zero-order valence-corrected chi connectivity index (χ0v) is 19.8. The molecular weight excluding hydrogens is 486 g/mol. The number of para-hydroxylation sites is 1. The number of ether oxygens (including phenoxy) is 2. The van der Waals surface area contributed by atoms with Crippen molar-refractivity contribution in [1.29, 1.82) is 0 Å². The fourth-order valence-corrected chi connectivity index (χ4v) is 3.98. The van der Waals surface area contributed by atoms with Gasteiger partial charge >= 0.3 is 5.69 Å². The molecule has 4 rings (SSSR count). The minimum Gasteiger partial charge on any atom is -0.490 e. The predicted molar refractivity (Wildman–Crippen MR) is 133 cm³/mol. The van der Waals surface area contributed by atoms with E-state index in [-0.39, 0.29) is 0 Å². The maximum atomic E-state index is 12.7. The zero-order chi connectivity index (χ0) is 23.4. The summed E-state index contributed by atoms with van der Waals surface area (Å²) < 4.78 is 13.3. The van der Waals surface area contributed by atoms with Gasteiger partial charge in [0.2, 0.25) is 0 Å². The summed E-state index contributed by atoms with van der Waals surface area (Å²) in [5.41, 5.74) is 2.20. The Balaban J connectivity index is 1.65. The number of rotatable bonds is 7. The number of halogens is 1. The van der Waals surface area contributed by atoms with Crippen molar-refractivity contribution in [3.05, 3.63) is 103 Å². The number of hydrogen-bond donors (Lipinski definition) is 1. The largest absolute Gasteiger partial charge is 0.490 e. The number of aromatic nitrogens is 2. The van der Waals surface area contributed by atoms with E-state index in [4.69, 9.17) is 9.47 Å². The first-order chi connectivity index (χ1) is 16.0. The summed E-state index contributed by atoms with van der Waals surface area (Å²) in [6.45, 7) is 4.74. The number of fused-ring (bicyclic) bond motifs is 1. The van der Waals surface area contributed by atoms with E-state index in [0.717, 1.165) is 15.8 Å². The summed E-state index contributed by atoms with van der Waals surface area (Å²) in [6, 6.07) is 18.4. The minimum absolute atomic E-state index is 0.380. The third-order valence-electron chi connectivity index (χ3n) is 4.90. The van der Waals surface area contributed by atoms with Gasteiger partial charge in [-0.25, -0.2) is 4.79 Å². The summed E-state index contributed by atoms with van der Waals surface area (Å²) in [7, 11) is 0. The molecule has 3 aromatic carbocycles. The first-order valence-corrected chi connectivity index (χ1v) is 11.2. The number of benzene rings is 3. The van der Waals surface area contributed by atoms with Crippen LogP contribution in [0.1, 0.15) is 23.6 Å². The van der Waals surface area contributed by atoms with Crippen LogP contribution in [0.4, 0.5) is 0 Å². The molecule has 0 saturated carbocycles. The topological polar surface area (TPSA) is 85.7 Å². The molecule has 0 saturated heterocycles. The molecule has 0 aliphatic heterocycles. The van der Waals surface area contributed by atoms with Crippen molar-refractivity contribution in [2.75, 3.05) is 6.61 Å². The Bertz CT molecular complexity index is 1460. The van der Waals surface area contributed by atoms with Crippen LogP contribution >= 0.6 is 15.9 Å². The number of aryl methyl sites for hydroxylation is 1. The Morgan fingerprint density at radius 3 is 2.67 bits per heavy atom. The first kappa shape index (κ1) is 22.5. The van der Waals surface area contributed by atoms with Gasteiger partial charge in [-0.3, -0.25) is 4.79 Å². The highest BCUT2D eigenvalue weighted by Crippen LogP contribution is 2.37. The second-order valence-corrected chi connectivity index (χ2v) is 8.23. The van der Waals surface area contributed by atoms with E-state index in [2.05, 4.69) is 32.1 Å². The lowest BCUT2D eigenvalue weighted by atomic mass is 10.1. The van der Waals surface area contributed by atoms with Crippen molar-refractivity contribution < 1.29 is 9.47 Å². The monoisotopic (exact) mass is 507 g/mol. The minimum atomic E-state index is -0.614. The number of H-pyrrole nitrogens is 1. The van der Waals surface area contributed by atoms with Gasteiger partial charge in [0.25, 0.3) is 5.56 Å². The van der Waals surface area contributed by atoms with E-state index in [1.165, 1.54) is 6.21 Å². The van der Waals surface area contributed by atoms with Crippen LogP contribution in [-0.2, 0) is 6.61 Å². The highest BCUT2D eigenvalue weighted by atomic mass is 79.9. The van der Waals surface area contributed by atoms with Crippen LogP contribution in [0.2, 0.25) is 0 Å². The Morgan fingerprint density at radius 1 is 1.06 bits per heavy atom. The Hall–Kier alpha value is -3.65. The molecule has 168 valence electrons. The first-order valence-electron chi connectivity index (χ1n) is 10.4. The van der Waals surface area contributed by atoms with Crippen molar-refractivity contribution >= 4 is 33.0 Å². The molecule has 0 unspecified atom stereocenters. The Kier molecular flexibility index (Phi) is 6.74. The molecule has 4 aromatic rings. The predicted octanol–water partition coefficient (Wildman–Crippen LogP) is 4.62. The van der Waals surface area contributed by atoms with Gasteiger partial charge < -0.3 is 14.5 Å². The molecule has 0 aliphatic carbocycles. The number of nitrogens with zero attached hydrogens (tertiary/aromatic N) is 2. The number of hydrogen-bond acceptors (Lipinski definition) is 5. The Morgan fingerprint density at radius 2 is 1.88 bits per heavy atom. The number of aromatic amines is 1. The van der Waals surface area contributed by atoms with E-state index >= 15 is 0 Å². The molecular formula is C25H22BrN3O4. The standard InChI is InChI=1S/C25H22BrN3O4/c1-3-32-22-13-18(12-20(26)23(22)33-15-17-8-6-7-16(2)11-17)14-27-29-24(30)19-9-4-5-10-21(19)28-25(29)31/h4-14H,3,15H2,1-2H3,(H,28,31). The highest BCUT2D eigenvalue weighted by molar-refractivity contribution is 9.10. The van der Waals surface area contributed by atoms with Gasteiger partial charge in [-0.1, -0.05) is 42.0 Å². The van der Waals surface area contributed by atoms with E-state index in [0.29, 0.717) is 45.7 Å². The molecule has 0 radical (unpaired) electrons. The SMILES string of the molecule is CCOc1cc(C=Nn2c(=O)[nH]c3ccccc3c2=O)cc(Br)c1OCc1cccc(C)c1. The lowest BCUT2D eigenvalue weighted by Crippen LogP contribution is -2.32. The molecule has 33 heavy (non-hydrogen) atoms. The van der Waals surface area contributed by atoms with E-state index < -0.39 is 11.2 Å². The number of nitrogens with one attached hydrogen (secondary N) is 1. The van der Waals surface area contributed by atoms with Crippen LogP contribution < -0.4 is 20.7 Å². The van der Waals surface area contributed by atoms with Gasteiger partial charge in [0.05, 0.1) is 28.2 Å². The third kappa shape index (κ3) is 5.06. The van der Waals surface area contributed by atoms with Crippen LogP contribution in [0.15, 0.2) is 79.8 Å². The molecule has 8 heteroatoms. The molecule has 1 aromatic heterocycles. The van der Waals surface area contributed by atoms with Crippen LogP contribution in [0.5, 0.6) is 11.5 Å². The van der Waals surface area contributed by atoms with Crippen molar-refractivity contribution in [1.82, 2.24) is 9.66 Å². The molecule has 0 atom stereocenters. The maximum Gasteiger partial charge on any atom is 0.349 e. The third-order valence-corrected chi connectivity index (χ3v) is 5.49. The lowest BCUT2D eigenvalue weighted by molar-refractivity contribution is 0.267. The van der Waals surface area contributed by atoms with Crippen LogP contribution in [0.3, 0.4) is 0 Å². The van der Waals surface area contributed by atoms with Gasteiger partial charge in [0.15, 0.2) is 11.5 Å². The average Bonchev–Trinajstić information content (AvgIpc) is 2.78. The summed E-state index contributed by atoms with van der Waals surface area (Å²) in [5.74, 6) is 1.09. The van der Waals surface area contributed by atoms with Crippen LogP contribution in [0.25, 0.3) is 10.9 Å². The second kappa shape index (κ2) is 9.87. The molecule has 0 bridgehead atoms. The highest BCUT2D eigenvalue weighted by Gasteiger charge is 2.13. The Labute approximate surface area is 198 Å². The molecule has 0 spiro atoms. The van der Waals surface area contributed by atoms with E-state index in [1.54, 1.807) is 36.4 Å². The maximum absolute atomic E-state index is 12.7. The molecule has 0 amide bonds. The zero-order valence-electron chi connectivity index (χ0n) is 18.2. The van der Waals surface area contributed by atoms with Crippen LogP contribution in [0, 0.1) is 6.92 Å². The molecule has 0 fully saturated rings. The second-order valence-electron chi connectivity index (χ2n) is 7.38. The summed E-state index contributed by atoms with van der Waals surface area (Å²) in [4.78, 5) is 27.7. The summed E-state index contributed by atoms with van der Waals surface area (Å²) in [5, 5.41) is 4.50. The van der Waals surface area contributed by atoms with Crippen molar-refractivity contribution in [3.8, 4) is 11.5 Å². The van der Waals surface area contributed by atoms with Gasteiger partial charge in [-0.2, -0.15) is 5.10 Å². The average molecular weight is 508 g/mol. The quantitative estimate of drug-likeness (QED) is 0.369. The molecule has 0 aliphatic rings. The van der Waals surface area contributed by atoms with Gasteiger partial charge in [0, 0.05) is 0 Å². The van der Waals surface area contributed by atoms with E-state index in [9.17, 15) is 9.59 Å². The fourth-order valence-electron chi connectivity index (χ4n) is 3.41. The summed E-state index contributed by atoms with van der Waals surface area (Å²) in [6.07, 6.45) is 1.43. The van der Waals surface area contributed by atoms with Gasteiger partial charge in [-0.05, 0) is 65.2 Å². The smallest absolute Gasteiger partial charge is 0.349 e. The van der Waals surface area contributed by atoms with Gasteiger partial charge in [0.1, 0.15) is 6.61 Å². The lowest BCUT2D eigenvalue weighted by Gasteiger charge is -2.15. The molecule has 7 nitrogen and oxygen atoms in total. The van der Waals surface area contributed by atoms with Crippen molar-refractivity contribution in [3.63, 3.8) is 0 Å². The van der Waals surface area contributed by atoms with Crippen molar-refractivity contribution in [2.24, 2.45) is 5.10 Å². The summed E-state index contributed by atoms with van der Waals surface area (Å²) >= 11 is 3.54. The van der Waals surface area contributed by atoms with Crippen LogP contribution in [-0.4, -0.2) is 22.5 Å². The molecule has 1 N–H and O–H groups in total. The fraction of sp³-hybridized carbons (Fsp3) is 0.160. The molecule has 1 heterocycles. The van der Waals surface area contributed by atoms with Crippen molar-refractivity contribution in [2.45, 2.75) is 20.5 Å².